The second kappa shape index (κ2) is 5.12. The standard InChI is InChI=1S/C10H12N2O3/c1-12-6-8(3-4-11-7-13)5-9(12)10(14)15-2/h5-6H,3-4H2,1-2H3. The van der Waals surface area contributed by atoms with Crippen LogP contribution in [0.4, 0.5) is 0 Å². The maximum Gasteiger partial charge on any atom is 0.354 e. The first-order chi connectivity index (χ1) is 7.19. The van der Waals surface area contributed by atoms with Crippen LogP contribution in [0.3, 0.4) is 0 Å². The summed E-state index contributed by atoms with van der Waals surface area (Å²) in [5, 5.41) is 0. The zero-order valence-electron chi connectivity index (χ0n) is 8.69. The van der Waals surface area contributed by atoms with Crippen LogP contribution in [0.2, 0.25) is 0 Å². The minimum absolute atomic E-state index is 0.373. The second-order valence-corrected chi connectivity index (χ2v) is 3.06. The topological polar surface area (TPSA) is 60.7 Å². The van der Waals surface area contributed by atoms with Gasteiger partial charge in [-0.1, -0.05) is 0 Å². The normalized spacial score (nSPS) is 9.47. The van der Waals surface area contributed by atoms with Crippen molar-refractivity contribution in [1.82, 2.24) is 4.57 Å². The van der Waals surface area contributed by atoms with E-state index in [1.807, 2.05) is 6.20 Å². The maximum absolute atomic E-state index is 11.2. The fourth-order valence-corrected chi connectivity index (χ4v) is 1.31. The van der Waals surface area contributed by atoms with Gasteiger partial charge < -0.3 is 9.30 Å². The molecule has 0 unspecified atom stereocenters. The third kappa shape index (κ3) is 2.79. The SMILES string of the molecule is COC(=O)c1cc(CCN=C=O)cn1C. The van der Waals surface area contributed by atoms with Gasteiger partial charge >= 0.3 is 5.97 Å². The highest BCUT2D eigenvalue weighted by molar-refractivity contribution is 5.87. The number of ether oxygens (including phenoxy) is 1. The van der Waals surface area contributed by atoms with E-state index < -0.39 is 0 Å². The minimum atomic E-state index is -0.373. The van der Waals surface area contributed by atoms with E-state index in [-0.39, 0.29) is 5.97 Å². The monoisotopic (exact) mass is 208 g/mol. The van der Waals surface area contributed by atoms with Crippen molar-refractivity contribution < 1.29 is 14.3 Å². The molecule has 0 N–H and O–H groups in total. The van der Waals surface area contributed by atoms with Crippen LogP contribution in [0.1, 0.15) is 16.1 Å². The molecule has 1 aromatic rings. The number of isocyanates is 1. The molecule has 0 aliphatic heterocycles. The number of nitrogens with zero attached hydrogens (tertiary/aromatic N) is 2. The van der Waals surface area contributed by atoms with Gasteiger partial charge in [0.05, 0.1) is 13.7 Å². The number of aliphatic imine (C=N–C) groups is 1. The summed E-state index contributed by atoms with van der Waals surface area (Å²) in [6.07, 6.45) is 3.89. The summed E-state index contributed by atoms with van der Waals surface area (Å²) in [5.41, 5.74) is 1.43. The van der Waals surface area contributed by atoms with E-state index in [4.69, 9.17) is 0 Å². The summed E-state index contributed by atoms with van der Waals surface area (Å²) in [6, 6.07) is 1.73. The molecule has 0 saturated heterocycles. The lowest BCUT2D eigenvalue weighted by Gasteiger charge is -1.98. The number of rotatable bonds is 4. The van der Waals surface area contributed by atoms with Gasteiger partial charge in [0, 0.05) is 13.2 Å². The van der Waals surface area contributed by atoms with Gasteiger partial charge in [-0.2, -0.15) is 0 Å². The highest BCUT2D eigenvalue weighted by atomic mass is 16.5. The quantitative estimate of drug-likeness (QED) is 0.415. The number of hydrogen-bond donors (Lipinski definition) is 0. The summed E-state index contributed by atoms with van der Waals surface area (Å²) in [6.45, 7) is 0.383. The van der Waals surface area contributed by atoms with E-state index in [2.05, 4.69) is 9.73 Å². The lowest BCUT2D eigenvalue weighted by molar-refractivity contribution is 0.0590. The van der Waals surface area contributed by atoms with Gasteiger partial charge in [-0.15, -0.1) is 0 Å². The van der Waals surface area contributed by atoms with E-state index in [1.165, 1.54) is 13.2 Å². The zero-order chi connectivity index (χ0) is 11.3. The van der Waals surface area contributed by atoms with Crippen LogP contribution in [0.25, 0.3) is 0 Å². The number of aryl methyl sites for hydroxylation is 1. The molecule has 0 saturated carbocycles. The van der Waals surface area contributed by atoms with Gasteiger partial charge in [0.15, 0.2) is 0 Å². The van der Waals surface area contributed by atoms with Gasteiger partial charge in [0.2, 0.25) is 6.08 Å². The third-order valence-corrected chi connectivity index (χ3v) is 2.03. The van der Waals surface area contributed by atoms with Gasteiger partial charge in [-0.05, 0) is 18.1 Å². The lowest BCUT2D eigenvalue weighted by atomic mass is 10.2. The van der Waals surface area contributed by atoms with Gasteiger partial charge in [0.1, 0.15) is 5.69 Å². The summed E-state index contributed by atoms with van der Waals surface area (Å²) in [4.78, 5) is 24.5. The Morgan fingerprint density at radius 1 is 1.67 bits per heavy atom. The van der Waals surface area contributed by atoms with Crippen LogP contribution in [0.15, 0.2) is 17.3 Å². The molecular weight excluding hydrogens is 196 g/mol. The highest BCUT2D eigenvalue weighted by Crippen LogP contribution is 2.09. The van der Waals surface area contributed by atoms with Crippen LogP contribution < -0.4 is 0 Å². The molecule has 1 aromatic heterocycles. The van der Waals surface area contributed by atoms with Crippen molar-refractivity contribution in [3.05, 3.63) is 23.5 Å². The molecule has 5 nitrogen and oxygen atoms in total. The van der Waals surface area contributed by atoms with E-state index in [0.29, 0.717) is 18.7 Å². The molecule has 0 atom stereocenters. The first-order valence-corrected chi connectivity index (χ1v) is 4.46. The Labute approximate surface area is 87.4 Å². The van der Waals surface area contributed by atoms with Crippen molar-refractivity contribution in [2.45, 2.75) is 6.42 Å². The molecule has 0 radical (unpaired) electrons. The van der Waals surface area contributed by atoms with Crippen LogP contribution in [0, 0.1) is 0 Å². The fourth-order valence-electron chi connectivity index (χ4n) is 1.31. The molecule has 0 fully saturated rings. The number of hydrogen-bond acceptors (Lipinski definition) is 4. The molecule has 80 valence electrons. The van der Waals surface area contributed by atoms with Crippen LogP contribution >= 0.6 is 0 Å². The number of carbonyl (C=O) groups is 1. The van der Waals surface area contributed by atoms with Crippen molar-refractivity contribution in [3.8, 4) is 0 Å². The number of esters is 1. The smallest absolute Gasteiger partial charge is 0.354 e. The Bertz CT molecular complexity index is 403. The Hall–Kier alpha value is -1.87. The molecule has 1 heterocycles. The first kappa shape index (κ1) is 11.2. The van der Waals surface area contributed by atoms with Crippen molar-refractivity contribution in [3.63, 3.8) is 0 Å². The summed E-state index contributed by atoms with van der Waals surface area (Å²) in [5.74, 6) is -0.373. The predicted molar refractivity (Wildman–Crippen MR) is 53.4 cm³/mol. The average molecular weight is 208 g/mol. The molecule has 0 aliphatic carbocycles. The predicted octanol–water partition coefficient (Wildman–Crippen LogP) is 0.690. The molecule has 5 heteroatoms. The zero-order valence-corrected chi connectivity index (χ0v) is 8.69. The number of carbonyl (C=O) groups excluding carboxylic acids is 2. The van der Waals surface area contributed by atoms with Crippen LogP contribution in [-0.4, -0.2) is 30.3 Å². The van der Waals surface area contributed by atoms with Crippen molar-refractivity contribution in [2.24, 2.45) is 12.0 Å². The first-order valence-electron chi connectivity index (χ1n) is 4.46. The van der Waals surface area contributed by atoms with Crippen LogP contribution in [-0.2, 0) is 23.0 Å². The Morgan fingerprint density at radius 3 is 3.00 bits per heavy atom. The molecule has 15 heavy (non-hydrogen) atoms. The summed E-state index contributed by atoms with van der Waals surface area (Å²) >= 11 is 0. The Morgan fingerprint density at radius 2 is 2.40 bits per heavy atom. The lowest BCUT2D eigenvalue weighted by Crippen LogP contribution is -2.06. The van der Waals surface area contributed by atoms with E-state index >= 15 is 0 Å². The van der Waals surface area contributed by atoms with Crippen molar-refractivity contribution in [1.29, 1.82) is 0 Å². The molecule has 0 spiro atoms. The molecule has 0 aliphatic rings. The number of methoxy groups -OCH3 is 1. The minimum Gasteiger partial charge on any atom is -0.464 e. The van der Waals surface area contributed by atoms with Gasteiger partial charge in [-0.25, -0.2) is 14.6 Å². The second-order valence-electron chi connectivity index (χ2n) is 3.06. The summed E-state index contributed by atoms with van der Waals surface area (Å²) < 4.78 is 6.30. The molecular formula is C10H12N2O3. The van der Waals surface area contributed by atoms with E-state index in [1.54, 1.807) is 17.7 Å². The molecule has 0 bridgehead atoms. The average Bonchev–Trinajstić information content (AvgIpc) is 2.59. The van der Waals surface area contributed by atoms with Gasteiger partial charge in [-0.3, -0.25) is 0 Å². The fraction of sp³-hybridized carbons (Fsp3) is 0.400. The van der Waals surface area contributed by atoms with E-state index in [9.17, 15) is 9.59 Å². The highest BCUT2D eigenvalue weighted by Gasteiger charge is 2.11. The van der Waals surface area contributed by atoms with Crippen LogP contribution in [0.5, 0.6) is 0 Å². The Balaban J connectivity index is 2.76. The van der Waals surface area contributed by atoms with E-state index in [0.717, 1.165) is 5.56 Å². The van der Waals surface area contributed by atoms with Crippen molar-refractivity contribution in [2.75, 3.05) is 13.7 Å². The third-order valence-electron chi connectivity index (χ3n) is 2.03. The maximum atomic E-state index is 11.2. The molecule has 0 amide bonds. The molecule has 0 aromatic carbocycles. The summed E-state index contributed by atoms with van der Waals surface area (Å²) in [7, 11) is 3.10. The van der Waals surface area contributed by atoms with Crippen molar-refractivity contribution >= 4 is 12.0 Å². The largest absolute Gasteiger partial charge is 0.464 e. The molecule has 1 rings (SSSR count). The van der Waals surface area contributed by atoms with Gasteiger partial charge in [0.25, 0.3) is 0 Å². The number of aromatic nitrogens is 1. The Kier molecular flexibility index (Phi) is 3.83.